The van der Waals surface area contributed by atoms with Gasteiger partial charge in [0.15, 0.2) is 12.2 Å². The fourth-order valence-electron chi connectivity index (χ4n) is 11.7. The molecule has 0 aromatic rings. The zero-order valence-electron chi connectivity index (χ0n) is 63.0. The van der Waals surface area contributed by atoms with Crippen molar-refractivity contribution in [2.24, 2.45) is 23.7 Å². The Balaban J connectivity index is 5.15. The zero-order chi connectivity index (χ0) is 71.0. The van der Waals surface area contributed by atoms with Gasteiger partial charge in [-0.1, -0.05) is 338 Å². The highest BCUT2D eigenvalue weighted by Gasteiger charge is 2.30. The van der Waals surface area contributed by atoms with Crippen LogP contribution in [0, 0.1) is 23.7 Å². The maximum Gasteiger partial charge on any atom is 0.472 e. The second-order valence-corrected chi connectivity index (χ2v) is 32.1. The lowest BCUT2D eigenvalue weighted by molar-refractivity contribution is -0.161. The van der Waals surface area contributed by atoms with Crippen molar-refractivity contribution in [2.45, 2.75) is 408 Å². The summed E-state index contributed by atoms with van der Waals surface area (Å²) in [6, 6.07) is 0. The van der Waals surface area contributed by atoms with E-state index in [0.717, 1.165) is 114 Å². The molecule has 7 atom stereocenters. The summed E-state index contributed by atoms with van der Waals surface area (Å²) in [6.45, 7) is 14.2. The summed E-state index contributed by atoms with van der Waals surface area (Å²) in [5.74, 6) is 0.933. The number of esters is 4. The van der Waals surface area contributed by atoms with Gasteiger partial charge in [-0.25, -0.2) is 9.13 Å². The second-order valence-electron chi connectivity index (χ2n) is 29.2. The van der Waals surface area contributed by atoms with Crippen LogP contribution in [0.25, 0.3) is 0 Å². The number of carbonyl (C=O) groups is 4. The van der Waals surface area contributed by atoms with Crippen LogP contribution < -0.4 is 0 Å². The molecule has 4 unspecified atom stereocenters. The molecule has 0 aliphatic heterocycles. The van der Waals surface area contributed by atoms with Gasteiger partial charge in [-0.15, -0.1) is 0 Å². The summed E-state index contributed by atoms with van der Waals surface area (Å²) < 4.78 is 68.5. The summed E-state index contributed by atoms with van der Waals surface area (Å²) >= 11 is 0. The minimum Gasteiger partial charge on any atom is -0.462 e. The number of ether oxygens (including phenoxy) is 4. The minimum atomic E-state index is -4.96. The number of phosphoric acid groups is 2. The van der Waals surface area contributed by atoms with E-state index in [4.69, 9.17) is 37.0 Å². The quantitative estimate of drug-likeness (QED) is 0.0222. The van der Waals surface area contributed by atoms with E-state index in [2.05, 4.69) is 55.4 Å². The van der Waals surface area contributed by atoms with Crippen molar-refractivity contribution in [1.29, 1.82) is 0 Å². The largest absolute Gasteiger partial charge is 0.472 e. The molecule has 0 aromatic carbocycles. The van der Waals surface area contributed by atoms with Gasteiger partial charge in [-0.2, -0.15) is 0 Å². The Morgan fingerprint density at radius 3 is 0.740 bits per heavy atom. The molecule has 0 spiro atoms. The predicted octanol–water partition coefficient (Wildman–Crippen LogP) is 22.4. The van der Waals surface area contributed by atoms with E-state index in [1.807, 2.05) is 0 Å². The first-order valence-corrected chi connectivity index (χ1v) is 42.8. The maximum atomic E-state index is 13.1. The normalized spacial score (nSPS) is 14.7. The van der Waals surface area contributed by atoms with E-state index in [9.17, 15) is 43.2 Å². The topological polar surface area (TPSA) is 237 Å². The average molecular weight is 1410 g/mol. The van der Waals surface area contributed by atoms with Gasteiger partial charge < -0.3 is 33.8 Å². The highest BCUT2D eigenvalue weighted by molar-refractivity contribution is 7.47. The Morgan fingerprint density at radius 1 is 0.292 bits per heavy atom. The molecule has 0 bridgehead atoms. The van der Waals surface area contributed by atoms with Crippen LogP contribution >= 0.6 is 15.6 Å². The number of aliphatic hydroxyl groups is 1. The van der Waals surface area contributed by atoms with Gasteiger partial charge in [0.05, 0.1) is 26.4 Å². The molecule has 19 heteroatoms. The highest BCUT2D eigenvalue weighted by atomic mass is 31.2. The lowest BCUT2D eigenvalue weighted by atomic mass is 9.99. The summed E-state index contributed by atoms with van der Waals surface area (Å²) in [7, 11) is -9.91. The van der Waals surface area contributed by atoms with E-state index in [-0.39, 0.29) is 25.7 Å². The fraction of sp³-hybridized carbons (Fsp3) is 0.948. The molecule has 0 amide bonds. The lowest BCUT2D eigenvalue weighted by Gasteiger charge is -2.21. The van der Waals surface area contributed by atoms with Crippen molar-refractivity contribution in [3.05, 3.63) is 0 Å². The molecule has 0 rings (SSSR count). The lowest BCUT2D eigenvalue weighted by Crippen LogP contribution is -2.30. The number of phosphoric ester groups is 2. The van der Waals surface area contributed by atoms with Gasteiger partial charge >= 0.3 is 39.5 Å². The minimum absolute atomic E-state index is 0.103. The number of carbonyl (C=O) groups excluding carboxylic acids is 4. The van der Waals surface area contributed by atoms with E-state index in [1.165, 1.54) is 186 Å². The summed E-state index contributed by atoms with van der Waals surface area (Å²) in [5, 5.41) is 10.6. The Bertz CT molecular complexity index is 1890. The van der Waals surface area contributed by atoms with Crippen LogP contribution in [0.5, 0.6) is 0 Å². The van der Waals surface area contributed by atoms with Crippen LogP contribution in [0.1, 0.15) is 389 Å². The molecule has 0 saturated carbocycles. The molecule has 0 fully saturated rings. The van der Waals surface area contributed by atoms with Crippen LogP contribution in [0.4, 0.5) is 0 Å². The zero-order valence-corrected chi connectivity index (χ0v) is 64.8. The number of aliphatic hydroxyl groups excluding tert-OH is 1. The van der Waals surface area contributed by atoms with Crippen molar-refractivity contribution < 1.29 is 80.2 Å². The fourth-order valence-corrected chi connectivity index (χ4v) is 13.2. The standard InChI is InChI=1S/C77H150O17P2/c1-9-69(7)55-47-39-30-26-22-18-15-16-20-24-28-32-43-51-59-76(81)93-72(64-88-75(80)58-50-42-35-33-38-46-54-68(5)6)65-91-95(83,84)89-61-71(78)62-90-96(85,86)92-66-73(94-77(82)60-52-44-36-34-40-48-56-70(8)10-2)63-87-74(79)57-49-41-31-27-23-19-14-12-11-13-17-21-25-29-37-45-53-67(3)4/h67-73,78H,9-66H2,1-8H3,(H,83,84)(H,85,86)/t69?,70?,71-,72+,73+/m0/s1. The van der Waals surface area contributed by atoms with Crippen molar-refractivity contribution in [3.63, 3.8) is 0 Å². The molecular formula is C77H150O17P2. The maximum absolute atomic E-state index is 13.1. The van der Waals surface area contributed by atoms with E-state index in [1.54, 1.807) is 0 Å². The number of hydrogen-bond donors (Lipinski definition) is 3. The Labute approximate surface area is 588 Å². The molecule has 0 saturated heterocycles. The summed E-state index contributed by atoms with van der Waals surface area (Å²) in [5.41, 5.74) is 0. The van der Waals surface area contributed by atoms with E-state index < -0.39 is 97.5 Å². The SMILES string of the molecule is CCC(C)CCCCCCCCCCCCCCCCC(=O)O[C@H](COC(=O)CCCCCCCCC(C)C)COP(=O)(O)OC[C@H](O)COP(=O)(O)OC[C@@H](COC(=O)CCCCCCCCCCCCCCCCCCC(C)C)OC(=O)CCCCCCCCC(C)CC. The van der Waals surface area contributed by atoms with Gasteiger partial charge in [-0.05, 0) is 49.4 Å². The Kier molecular flexibility index (Phi) is 65.0. The first kappa shape index (κ1) is 94.1. The van der Waals surface area contributed by atoms with Gasteiger partial charge in [0.1, 0.15) is 19.3 Å². The van der Waals surface area contributed by atoms with E-state index in [0.29, 0.717) is 31.6 Å². The average Bonchev–Trinajstić information content (AvgIpc) is 2.78. The van der Waals surface area contributed by atoms with Crippen LogP contribution in [0.3, 0.4) is 0 Å². The van der Waals surface area contributed by atoms with Crippen LogP contribution in [-0.4, -0.2) is 96.7 Å². The summed E-state index contributed by atoms with van der Waals surface area (Å²) in [4.78, 5) is 72.8. The molecule has 0 aromatic heterocycles. The third-order valence-corrected chi connectivity index (χ3v) is 20.4. The van der Waals surface area contributed by atoms with Crippen molar-refractivity contribution >= 4 is 39.5 Å². The number of unbranched alkanes of at least 4 members (excludes halogenated alkanes) is 38. The molecule has 0 heterocycles. The van der Waals surface area contributed by atoms with E-state index >= 15 is 0 Å². The van der Waals surface area contributed by atoms with Gasteiger partial charge in [0.2, 0.25) is 0 Å². The summed E-state index contributed by atoms with van der Waals surface area (Å²) in [6.07, 6.45) is 51.6. The smallest absolute Gasteiger partial charge is 0.462 e. The van der Waals surface area contributed by atoms with Crippen molar-refractivity contribution in [1.82, 2.24) is 0 Å². The number of hydrogen-bond acceptors (Lipinski definition) is 15. The third kappa shape index (κ3) is 67.9. The Hall–Kier alpha value is -1.94. The van der Waals surface area contributed by atoms with Crippen LogP contribution in [-0.2, 0) is 65.4 Å². The molecule has 0 radical (unpaired) electrons. The monoisotopic (exact) mass is 1410 g/mol. The van der Waals surface area contributed by atoms with Crippen molar-refractivity contribution in [3.8, 4) is 0 Å². The van der Waals surface area contributed by atoms with Crippen LogP contribution in [0.15, 0.2) is 0 Å². The molecule has 0 aliphatic rings. The highest BCUT2D eigenvalue weighted by Crippen LogP contribution is 2.45. The van der Waals surface area contributed by atoms with Gasteiger partial charge in [0.25, 0.3) is 0 Å². The third-order valence-electron chi connectivity index (χ3n) is 18.5. The predicted molar refractivity (Wildman–Crippen MR) is 391 cm³/mol. The first-order chi connectivity index (χ1) is 46.2. The Morgan fingerprint density at radius 2 is 0.500 bits per heavy atom. The molecule has 0 aliphatic carbocycles. The first-order valence-electron chi connectivity index (χ1n) is 39.8. The second kappa shape index (κ2) is 66.3. The molecule has 96 heavy (non-hydrogen) atoms. The molecule has 17 nitrogen and oxygen atoms in total. The molecule has 570 valence electrons. The number of rotatable bonds is 74. The van der Waals surface area contributed by atoms with Crippen molar-refractivity contribution in [2.75, 3.05) is 39.6 Å². The molecular weight excluding hydrogens is 1260 g/mol. The molecule has 3 N–H and O–H groups in total. The van der Waals surface area contributed by atoms with Gasteiger partial charge in [0, 0.05) is 25.7 Å². The van der Waals surface area contributed by atoms with Gasteiger partial charge in [-0.3, -0.25) is 37.3 Å². The van der Waals surface area contributed by atoms with Crippen LogP contribution in [0.2, 0.25) is 0 Å².